The number of ether oxygens (including phenoxy) is 2. The molecule has 0 radical (unpaired) electrons. The monoisotopic (exact) mass is 380 g/mol. The van der Waals surface area contributed by atoms with Crippen LogP contribution >= 0.6 is 0 Å². The minimum Gasteiger partial charge on any atom is -0.381 e. The number of carbonyl (C=O) groups is 2. The summed E-state index contributed by atoms with van der Waals surface area (Å²) in [5.41, 5.74) is 3.19. The van der Waals surface area contributed by atoms with E-state index < -0.39 is 6.04 Å². The van der Waals surface area contributed by atoms with Crippen molar-refractivity contribution in [2.75, 3.05) is 18.5 Å². The molecule has 0 bridgehead atoms. The maximum Gasteiger partial charge on any atom is 0.252 e. The van der Waals surface area contributed by atoms with Crippen molar-refractivity contribution in [3.05, 3.63) is 65.2 Å². The first-order valence-electron chi connectivity index (χ1n) is 9.67. The van der Waals surface area contributed by atoms with E-state index in [0.717, 1.165) is 29.7 Å². The van der Waals surface area contributed by atoms with Crippen LogP contribution in [0.3, 0.4) is 0 Å². The highest BCUT2D eigenvalue weighted by atomic mass is 16.5. The van der Waals surface area contributed by atoms with Crippen molar-refractivity contribution in [3.8, 4) is 0 Å². The molecule has 0 spiro atoms. The molecule has 1 atom stereocenters. The van der Waals surface area contributed by atoms with Crippen molar-refractivity contribution in [2.45, 2.75) is 38.0 Å². The number of nitrogens with one attached hydrogen (secondary N) is 2. The molecular formula is C22H24N2O4. The standard InChI is InChI=1S/C22H24N2O4/c25-21(24-20-13-15-5-2-4-8-19(15)23-22(20)26)18-7-3-1-6-16(18)14-28-17-9-11-27-12-10-17/h1-8,17,20H,9-14H2,(H,23,26)(H,24,25). The maximum absolute atomic E-state index is 12.9. The van der Waals surface area contributed by atoms with E-state index in [2.05, 4.69) is 10.6 Å². The van der Waals surface area contributed by atoms with Crippen molar-refractivity contribution >= 4 is 17.5 Å². The molecule has 0 saturated carbocycles. The largest absolute Gasteiger partial charge is 0.381 e. The third kappa shape index (κ3) is 4.24. The van der Waals surface area contributed by atoms with E-state index in [1.807, 2.05) is 42.5 Å². The van der Waals surface area contributed by atoms with Crippen molar-refractivity contribution in [3.63, 3.8) is 0 Å². The minimum atomic E-state index is -0.591. The van der Waals surface area contributed by atoms with Gasteiger partial charge in [0, 0.05) is 30.9 Å². The summed E-state index contributed by atoms with van der Waals surface area (Å²) in [4.78, 5) is 25.3. The zero-order valence-corrected chi connectivity index (χ0v) is 15.6. The number of fused-ring (bicyclic) bond motifs is 1. The van der Waals surface area contributed by atoms with Gasteiger partial charge in [0.1, 0.15) is 6.04 Å². The van der Waals surface area contributed by atoms with Crippen LogP contribution in [0.5, 0.6) is 0 Å². The summed E-state index contributed by atoms with van der Waals surface area (Å²) in [5.74, 6) is -0.450. The Morgan fingerprint density at radius 3 is 2.71 bits per heavy atom. The Balaban J connectivity index is 1.43. The van der Waals surface area contributed by atoms with Crippen molar-refractivity contribution in [1.82, 2.24) is 5.32 Å². The zero-order chi connectivity index (χ0) is 19.3. The van der Waals surface area contributed by atoms with Gasteiger partial charge < -0.3 is 20.1 Å². The van der Waals surface area contributed by atoms with Crippen LogP contribution in [0.1, 0.15) is 34.3 Å². The lowest BCUT2D eigenvalue weighted by atomic mass is 9.98. The van der Waals surface area contributed by atoms with Crippen LogP contribution in [-0.4, -0.2) is 37.2 Å². The molecule has 0 aliphatic carbocycles. The van der Waals surface area contributed by atoms with Gasteiger partial charge in [0.05, 0.1) is 12.7 Å². The molecule has 2 amide bonds. The van der Waals surface area contributed by atoms with E-state index in [1.54, 1.807) is 6.07 Å². The first kappa shape index (κ1) is 18.7. The van der Waals surface area contributed by atoms with Crippen molar-refractivity contribution < 1.29 is 19.1 Å². The van der Waals surface area contributed by atoms with E-state index in [1.165, 1.54) is 0 Å². The molecule has 1 unspecified atom stereocenters. The number of rotatable bonds is 5. The van der Waals surface area contributed by atoms with Gasteiger partial charge in [-0.25, -0.2) is 0 Å². The Morgan fingerprint density at radius 1 is 1.11 bits per heavy atom. The second-order valence-corrected chi connectivity index (χ2v) is 7.16. The third-order valence-electron chi connectivity index (χ3n) is 5.23. The average molecular weight is 380 g/mol. The van der Waals surface area contributed by atoms with Gasteiger partial charge in [-0.05, 0) is 36.1 Å². The number of amides is 2. The molecule has 146 valence electrons. The van der Waals surface area contributed by atoms with E-state index in [9.17, 15) is 9.59 Å². The Hall–Kier alpha value is -2.70. The maximum atomic E-state index is 12.9. The lowest BCUT2D eigenvalue weighted by Gasteiger charge is -2.26. The molecule has 6 nitrogen and oxygen atoms in total. The van der Waals surface area contributed by atoms with Gasteiger partial charge in [-0.3, -0.25) is 9.59 Å². The van der Waals surface area contributed by atoms with Gasteiger partial charge in [-0.2, -0.15) is 0 Å². The van der Waals surface area contributed by atoms with Crippen LogP contribution in [0.25, 0.3) is 0 Å². The summed E-state index contributed by atoms with van der Waals surface area (Å²) in [5, 5.41) is 5.74. The van der Waals surface area contributed by atoms with Gasteiger partial charge in [-0.1, -0.05) is 36.4 Å². The van der Waals surface area contributed by atoms with Crippen LogP contribution < -0.4 is 10.6 Å². The second-order valence-electron chi connectivity index (χ2n) is 7.16. The smallest absolute Gasteiger partial charge is 0.252 e. The van der Waals surface area contributed by atoms with Crippen LogP contribution in [0.4, 0.5) is 5.69 Å². The molecule has 2 heterocycles. The number of carbonyl (C=O) groups excluding carboxylic acids is 2. The zero-order valence-electron chi connectivity index (χ0n) is 15.6. The van der Waals surface area contributed by atoms with Crippen molar-refractivity contribution in [2.24, 2.45) is 0 Å². The average Bonchev–Trinajstić information content (AvgIpc) is 2.73. The summed E-state index contributed by atoms with van der Waals surface area (Å²) >= 11 is 0. The molecule has 6 heteroatoms. The topological polar surface area (TPSA) is 76.7 Å². The van der Waals surface area contributed by atoms with Crippen molar-refractivity contribution in [1.29, 1.82) is 0 Å². The highest BCUT2D eigenvalue weighted by Crippen LogP contribution is 2.22. The molecule has 2 aliphatic heterocycles. The lowest BCUT2D eigenvalue weighted by Crippen LogP contribution is -2.47. The molecular weight excluding hydrogens is 356 g/mol. The van der Waals surface area contributed by atoms with Gasteiger partial charge in [-0.15, -0.1) is 0 Å². The summed E-state index contributed by atoms with van der Waals surface area (Å²) < 4.78 is 11.3. The van der Waals surface area contributed by atoms with Crippen LogP contribution in [0.2, 0.25) is 0 Å². The van der Waals surface area contributed by atoms with E-state index >= 15 is 0 Å². The Bertz CT molecular complexity index is 861. The fourth-order valence-electron chi connectivity index (χ4n) is 3.62. The fraction of sp³-hybridized carbons (Fsp3) is 0.364. The number of hydrogen-bond donors (Lipinski definition) is 2. The Kier molecular flexibility index (Phi) is 5.69. The van der Waals surface area contributed by atoms with E-state index in [-0.39, 0.29) is 17.9 Å². The molecule has 1 fully saturated rings. The minimum absolute atomic E-state index is 0.158. The van der Waals surface area contributed by atoms with E-state index in [0.29, 0.717) is 31.8 Å². The quantitative estimate of drug-likeness (QED) is 0.836. The molecule has 0 aromatic heterocycles. The van der Waals surface area contributed by atoms with E-state index in [4.69, 9.17) is 9.47 Å². The van der Waals surface area contributed by atoms with Crippen LogP contribution in [-0.2, 0) is 27.3 Å². The Labute approximate surface area is 164 Å². The predicted molar refractivity (Wildman–Crippen MR) is 105 cm³/mol. The highest BCUT2D eigenvalue weighted by Gasteiger charge is 2.28. The Morgan fingerprint density at radius 2 is 1.86 bits per heavy atom. The number of anilines is 1. The molecule has 28 heavy (non-hydrogen) atoms. The second kappa shape index (κ2) is 8.54. The molecule has 2 aliphatic rings. The molecule has 2 N–H and O–H groups in total. The molecule has 1 saturated heterocycles. The summed E-state index contributed by atoms with van der Waals surface area (Å²) in [6.45, 7) is 1.80. The first-order chi connectivity index (χ1) is 13.7. The fourth-order valence-corrected chi connectivity index (χ4v) is 3.62. The summed E-state index contributed by atoms with van der Waals surface area (Å²) in [6, 6.07) is 14.4. The van der Waals surface area contributed by atoms with Gasteiger partial charge in [0.25, 0.3) is 5.91 Å². The highest BCUT2D eigenvalue weighted by molar-refractivity contribution is 6.03. The molecule has 2 aromatic carbocycles. The number of para-hydroxylation sites is 1. The SMILES string of the molecule is O=C(NC1Cc2ccccc2NC1=O)c1ccccc1COC1CCOCC1. The lowest BCUT2D eigenvalue weighted by molar-refractivity contribution is -0.118. The summed E-state index contributed by atoms with van der Waals surface area (Å²) in [6.07, 6.45) is 2.38. The van der Waals surface area contributed by atoms with Crippen LogP contribution in [0, 0.1) is 0 Å². The summed E-state index contributed by atoms with van der Waals surface area (Å²) in [7, 11) is 0. The predicted octanol–water partition coefficient (Wildman–Crippen LogP) is 2.68. The number of benzene rings is 2. The van der Waals surface area contributed by atoms with Gasteiger partial charge in [0.2, 0.25) is 5.91 Å². The molecule has 2 aromatic rings. The normalized spacial score (nSPS) is 19.6. The van der Waals surface area contributed by atoms with Gasteiger partial charge >= 0.3 is 0 Å². The van der Waals surface area contributed by atoms with Crippen LogP contribution in [0.15, 0.2) is 48.5 Å². The van der Waals surface area contributed by atoms with Gasteiger partial charge in [0.15, 0.2) is 0 Å². The number of hydrogen-bond acceptors (Lipinski definition) is 4. The first-order valence-corrected chi connectivity index (χ1v) is 9.67. The molecule has 4 rings (SSSR count). The third-order valence-corrected chi connectivity index (χ3v) is 5.23.